The number of halogens is 4. The van der Waals surface area contributed by atoms with Crippen LogP contribution in [0.5, 0.6) is 0 Å². The highest BCUT2D eigenvalue weighted by molar-refractivity contribution is 6.33. The molecule has 0 amide bonds. The first-order valence-electron chi connectivity index (χ1n) is 8.24. The van der Waals surface area contributed by atoms with Gasteiger partial charge in [0.15, 0.2) is 0 Å². The van der Waals surface area contributed by atoms with Gasteiger partial charge in [0.2, 0.25) is 0 Å². The molecule has 2 aromatic rings. The van der Waals surface area contributed by atoms with Crippen LogP contribution in [0.2, 0.25) is 5.02 Å². The lowest BCUT2D eigenvalue weighted by Gasteiger charge is -2.17. The van der Waals surface area contributed by atoms with E-state index in [-0.39, 0.29) is 5.92 Å². The first kappa shape index (κ1) is 18.3. The number of furan rings is 1. The van der Waals surface area contributed by atoms with Crippen molar-refractivity contribution in [3.63, 3.8) is 0 Å². The van der Waals surface area contributed by atoms with E-state index in [1.165, 1.54) is 4.90 Å². The second-order valence-electron chi connectivity index (χ2n) is 6.38. The van der Waals surface area contributed by atoms with Crippen molar-refractivity contribution in [1.82, 2.24) is 10.2 Å². The number of hydrogen-bond acceptors (Lipinski definition) is 3. The van der Waals surface area contributed by atoms with E-state index >= 15 is 0 Å². The van der Waals surface area contributed by atoms with Gasteiger partial charge in [0.1, 0.15) is 11.5 Å². The minimum atomic E-state index is -4.12. The zero-order chi connectivity index (χ0) is 17.9. The van der Waals surface area contributed by atoms with Crippen molar-refractivity contribution in [1.29, 1.82) is 0 Å². The molecule has 0 spiro atoms. The smallest absolute Gasteiger partial charge is 0.401 e. The summed E-state index contributed by atoms with van der Waals surface area (Å²) in [6.45, 7) is 1.39. The third-order valence-electron chi connectivity index (χ3n) is 4.31. The van der Waals surface area contributed by atoms with Crippen molar-refractivity contribution in [2.45, 2.75) is 19.1 Å². The predicted octanol–water partition coefficient (Wildman–Crippen LogP) is 4.57. The quantitative estimate of drug-likeness (QED) is 0.805. The highest BCUT2D eigenvalue weighted by Crippen LogP contribution is 2.29. The van der Waals surface area contributed by atoms with Gasteiger partial charge in [0.05, 0.1) is 18.1 Å². The Balaban J connectivity index is 1.45. The van der Waals surface area contributed by atoms with Crippen LogP contribution in [0.1, 0.15) is 12.2 Å². The molecule has 1 N–H and O–H groups in total. The van der Waals surface area contributed by atoms with Gasteiger partial charge in [-0.3, -0.25) is 4.90 Å². The molecule has 1 aliphatic heterocycles. The number of alkyl halides is 3. The SMILES string of the molecule is FC(F)(F)CN1CCC(CNCc2ccc(-c3ccccc3Cl)o2)C1. The molecule has 1 fully saturated rings. The van der Waals surface area contributed by atoms with Gasteiger partial charge >= 0.3 is 6.18 Å². The minimum absolute atomic E-state index is 0.236. The lowest BCUT2D eigenvalue weighted by Crippen LogP contribution is -2.33. The van der Waals surface area contributed by atoms with E-state index in [0.29, 0.717) is 37.0 Å². The summed E-state index contributed by atoms with van der Waals surface area (Å²) < 4.78 is 43.0. The standard InChI is InChI=1S/C18H20ClF3N2O/c19-16-4-2-1-3-15(16)17-6-5-14(25-17)10-23-9-13-7-8-24(11-13)12-18(20,21)22/h1-6,13,23H,7-12H2. The zero-order valence-corrected chi connectivity index (χ0v) is 14.4. The van der Waals surface area contributed by atoms with Crippen LogP contribution in [0.4, 0.5) is 13.2 Å². The lowest BCUT2D eigenvalue weighted by atomic mass is 10.1. The van der Waals surface area contributed by atoms with Crippen LogP contribution in [0, 0.1) is 5.92 Å². The molecule has 1 unspecified atom stereocenters. The summed E-state index contributed by atoms with van der Waals surface area (Å²) in [5, 5.41) is 3.90. The fourth-order valence-electron chi connectivity index (χ4n) is 3.15. The zero-order valence-electron chi connectivity index (χ0n) is 13.7. The number of hydrogen-bond donors (Lipinski definition) is 1. The summed E-state index contributed by atoms with van der Waals surface area (Å²) in [6, 6.07) is 11.2. The molecule has 3 nitrogen and oxygen atoms in total. The highest BCUT2D eigenvalue weighted by atomic mass is 35.5. The van der Waals surface area contributed by atoms with Crippen LogP contribution in [0.25, 0.3) is 11.3 Å². The molecule has 1 aromatic heterocycles. The molecule has 7 heteroatoms. The van der Waals surface area contributed by atoms with Gasteiger partial charge in [-0.25, -0.2) is 0 Å². The third kappa shape index (κ3) is 5.23. The fraction of sp³-hybridized carbons (Fsp3) is 0.444. The number of likely N-dealkylation sites (tertiary alicyclic amines) is 1. The molecule has 136 valence electrons. The summed E-state index contributed by atoms with van der Waals surface area (Å²) in [6.07, 6.45) is -3.34. The van der Waals surface area contributed by atoms with Crippen molar-refractivity contribution in [3.8, 4) is 11.3 Å². The Morgan fingerprint density at radius 1 is 1.20 bits per heavy atom. The Kier molecular flexibility index (Phi) is 5.71. The maximum atomic E-state index is 12.4. The van der Waals surface area contributed by atoms with Crippen LogP contribution in [-0.2, 0) is 6.54 Å². The Morgan fingerprint density at radius 2 is 2.00 bits per heavy atom. The van der Waals surface area contributed by atoms with Crippen molar-refractivity contribution in [3.05, 3.63) is 47.2 Å². The summed E-state index contributed by atoms with van der Waals surface area (Å²) in [5.41, 5.74) is 0.842. The van der Waals surface area contributed by atoms with Crippen LogP contribution in [0.3, 0.4) is 0 Å². The topological polar surface area (TPSA) is 28.4 Å². The van der Waals surface area contributed by atoms with E-state index in [2.05, 4.69) is 5.32 Å². The maximum Gasteiger partial charge on any atom is 0.401 e. The fourth-order valence-corrected chi connectivity index (χ4v) is 3.38. The second kappa shape index (κ2) is 7.81. The van der Waals surface area contributed by atoms with Gasteiger partial charge in [-0.1, -0.05) is 23.7 Å². The van der Waals surface area contributed by atoms with Crippen molar-refractivity contribution in [2.75, 3.05) is 26.2 Å². The molecule has 0 saturated carbocycles. The average molecular weight is 373 g/mol. The molecular weight excluding hydrogens is 353 g/mol. The monoisotopic (exact) mass is 372 g/mol. The maximum absolute atomic E-state index is 12.4. The van der Waals surface area contributed by atoms with Crippen molar-refractivity contribution < 1.29 is 17.6 Å². The van der Waals surface area contributed by atoms with Gasteiger partial charge in [-0.15, -0.1) is 0 Å². The van der Waals surface area contributed by atoms with E-state index < -0.39 is 12.7 Å². The summed E-state index contributed by atoms with van der Waals surface area (Å²) in [4.78, 5) is 1.47. The van der Waals surface area contributed by atoms with Crippen LogP contribution >= 0.6 is 11.6 Å². The third-order valence-corrected chi connectivity index (χ3v) is 4.64. The largest absolute Gasteiger partial charge is 0.460 e. The van der Waals surface area contributed by atoms with Crippen molar-refractivity contribution >= 4 is 11.6 Å². The molecule has 0 aliphatic carbocycles. The Morgan fingerprint density at radius 3 is 2.76 bits per heavy atom. The van der Waals surface area contributed by atoms with Crippen LogP contribution in [0.15, 0.2) is 40.8 Å². The van der Waals surface area contributed by atoms with E-state index in [9.17, 15) is 13.2 Å². The highest BCUT2D eigenvalue weighted by Gasteiger charge is 2.34. The molecule has 25 heavy (non-hydrogen) atoms. The van der Waals surface area contributed by atoms with Gasteiger partial charge in [0.25, 0.3) is 0 Å². The summed E-state index contributed by atoms with van der Waals surface area (Å²) in [5.74, 6) is 1.72. The first-order valence-corrected chi connectivity index (χ1v) is 8.62. The predicted molar refractivity (Wildman–Crippen MR) is 91.5 cm³/mol. The van der Waals surface area contributed by atoms with Gasteiger partial charge in [0, 0.05) is 12.1 Å². The van der Waals surface area contributed by atoms with E-state index in [1.807, 2.05) is 36.4 Å². The van der Waals surface area contributed by atoms with Gasteiger partial charge in [-0.2, -0.15) is 13.2 Å². The normalized spacial score (nSPS) is 18.8. The summed E-state index contributed by atoms with van der Waals surface area (Å²) >= 11 is 6.16. The first-order chi connectivity index (χ1) is 11.9. The summed E-state index contributed by atoms with van der Waals surface area (Å²) in [7, 11) is 0. The minimum Gasteiger partial charge on any atom is -0.460 e. The average Bonchev–Trinajstić information content (AvgIpc) is 3.16. The number of nitrogens with one attached hydrogen (secondary N) is 1. The van der Waals surface area contributed by atoms with Gasteiger partial charge < -0.3 is 9.73 Å². The lowest BCUT2D eigenvalue weighted by molar-refractivity contribution is -0.143. The van der Waals surface area contributed by atoms with Crippen molar-refractivity contribution in [2.24, 2.45) is 5.92 Å². The molecule has 0 bridgehead atoms. The molecule has 1 atom stereocenters. The Hall–Kier alpha value is -1.50. The molecule has 2 heterocycles. The van der Waals surface area contributed by atoms with Crippen LogP contribution in [-0.4, -0.2) is 37.3 Å². The van der Waals surface area contributed by atoms with E-state index in [1.54, 1.807) is 0 Å². The second-order valence-corrected chi connectivity index (χ2v) is 6.79. The van der Waals surface area contributed by atoms with E-state index in [4.69, 9.17) is 16.0 Å². The Labute approximate surface area is 149 Å². The van der Waals surface area contributed by atoms with E-state index in [0.717, 1.165) is 17.7 Å². The number of nitrogens with zero attached hydrogens (tertiary/aromatic N) is 1. The molecule has 1 aliphatic rings. The number of rotatable bonds is 6. The Bertz CT molecular complexity index is 702. The molecular formula is C18H20ClF3N2O. The number of benzene rings is 1. The molecule has 0 radical (unpaired) electrons. The molecule has 1 saturated heterocycles. The molecule has 3 rings (SSSR count). The molecule has 1 aromatic carbocycles. The van der Waals surface area contributed by atoms with Crippen LogP contribution < -0.4 is 5.32 Å². The van der Waals surface area contributed by atoms with Gasteiger partial charge in [-0.05, 0) is 49.7 Å².